The molecule has 1 N–H and O–H groups in total. The Labute approximate surface area is 149 Å². The van der Waals surface area contributed by atoms with E-state index in [1.54, 1.807) is 0 Å². The number of carboxylic acid groups (broad SMARTS) is 1. The van der Waals surface area contributed by atoms with Gasteiger partial charge in [-0.2, -0.15) is 13.5 Å². The van der Waals surface area contributed by atoms with E-state index in [1.807, 2.05) is 0 Å². The van der Waals surface area contributed by atoms with Crippen LogP contribution in [0.5, 0.6) is 0 Å². The van der Waals surface area contributed by atoms with Crippen LogP contribution in [0.15, 0.2) is 16.9 Å². The van der Waals surface area contributed by atoms with E-state index < -0.39 is 47.8 Å². The van der Waals surface area contributed by atoms with Crippen LogP contribution < -0.4 is 5.69 Å². The number of benzene rings is 1. The molecule has 0 bridgehead atoms. The standard InChI is InChI=1S/C15H13ClF3N3O4/c1-6(23)8(4-13(24)25)9-3-12(11(17)5-10(9)16)22-15(26)21(14(18)19)7(2)20-22/h3,5,8,14H,4H2,1-2H3,(H,24,25). The van der Waals surface area contributed by atoms with Crippen LogP contribution in [0, 0.1) is 12.7 Å². The van der Waals surface area contributed by atoms with E-state index in [9.17, 15) is 27.6 Å². The summed E-state index contributed by atoms with van der Waals surface area (Å²) in [6, 6.07) is 1.74. The van der Waals surface area contributed by atoms with Gasteiger partial charge in [-0.1, -0.05) is 11.6 Å². The van der Waals surface area contributed by atoms with Crippen molar-refractivity contribution >= 4 is 23.4 Å². The molecule has 1 aromatic heterocycles. The summed E-state index contributed by atoms with van der Waals surface area (Å²) in [5.41, 5.74) is -1.86. The maximum atomic E-state index is 14.3. The second-order valence-corrected chi connectivity index (χ2v) is 5.88. The monoisotopic (exact) mass is 391 g/mol. The SMILES string of the molecule is CC(=O)C(CC(=O)O)c1cc(-n2nc(C)n(C(F)F)c2=O)c(F)cc1Cl. The first kappa shape index (κ1) is 19.7. The van der Waals surface area contributed by atoms with Gasteiger partial charge in [-0.05, 0) is 31.5 Å². The largest absolute Gasteiger partial charge is 0.481 e. The zero-order valence-electron chi connectivity index (χ0n) is 13.5. The Balaban J connectivity index is 2.69. The number of carbonyl (C=O) groups is 2. The van der Waals surface area contributed by atoms with Crippen LogP contribution >= 0.6 is 11.6 Å². The van der Waals surface area contributed by atoms with Gasteiger partial charge >= 0.3 is 18.2 Å². The number of hydrogen-bond acceptors (Lipinski definition) is 4. The van der Waals surface area contributed by atoms with Gasteiger partial charge in [0, 0.05) is 5.02 Å². The van der Waals surface area contributed by atoms with Gasteiger partial charge in [0.15, 0.2) is 5.82 Å². The maximum Gasteiger partial charge on any atom is 0.355 e. The minimum Gasteiger partial charge on any atom is -0.481 e. The van der Waals surface area contributed by atoms with Crippen molar-refractivity contribution in [3.05, 3.63) is 44.8 Å². The van der Waals surface area contributed by atoms with Crippen molar-refractivity contribution in [1.82, 2.24) is 14.3 Å². The molecule has 1 unspecified atom stereocenters. The van der Waals surface area contributed by atoms with Crippen molar-refractivity contribution < 1.29 is 27.9 Å². The van der Waals surface area contributed by atoms with Crippen molar-refractivity contribution in [2.24, 2.45) is 0 Å². The van der Waals surface area contributed by atoms with E-state index in [2.05, 4.69) is 5.10 Å². The first-order valence-electron chi connectivity index (χ1n) is 7.22. The molecular weight excluding hydrogens is 379 g/mol. The Bertz CT molecular complexity index is 939. The molecule has 1 atom stereocenters. The molecule has 0 aliphatic rings. The number of Topliss-reactive ketones (excluding diaryl/α,β-unsaturated/α-hetero) is 1. The number of halogens is 4. The van der Waals surface area contributed by atoms with E-state index in [1.165, 1.54) is 0 Å². The van der Waals surface area contributed by atoms with Crippen LogP contribution in [0.25, 0.3) is 5.69 Å². The average molecular weight is 392 g/mol. The van der Waals surface area contributed by atoms with Gasteiger partial charge in [-0.25, -0.2) is 13.8 Å². The molecule has 0 fully saturated rings. The molecule has 140 valence electrons. The summed E-state index contributed by atoms with van der Waals surface area (Å²) >= 11 is 5.92. The first-order chi connectivity index (χ1) is 12.0. The summed E-state index contributed by atoms with van der Waals surface area (Å²) < 4.78 is 40.6. The van der Waals surface area contributed by atoms with Gasteiger partial charge in [0.05, 0.1) is 12.3 Å². The Morgan fingerprint density at radius 2 is 1.96 bits per heavy atom. The molecule has 0 aliphatic carbocycles. The summed E-state index contributed by atoms with van der Waals surface area (Å²) in [4.78, 5) is 34.8. The molecule has 1 aromatic carbocycles. The second kappa shape index (κ2) is 7.32. The summed E-state index contributed by atoms with van der Waals surface area (Å²) in [5.74, 6) is -4.43. The van der Waals surface area contributed by atoms with E-state index in [0.717, 1.165) is 26.0 Å². The quantitative estimate of drug-likeness (QED) is 0.817. The van der Waals surface area contributed by atoms with Crippen molar-refractivity contribution in [3.8, 4) is 5.69 Å². The third-order valence-corrected chi connectivity index (χ3v) is 4.04. The number of aliphatic carboxylic acids is 1. The van der Waals surface area contributed by atoms with Crippen LogP contribution in [0.2, 0.25) is 5.02 Å². The molecule has 11 heteroatoms. The van der Waals surface area contributed by atoms with E-state index in [4.69, 9.17) is 16.7 Å². The number of rotatable bonds is 6. The van der Waals surface area contributed by atoms with Crippen LogP contribution in [-0.4, -0.2) is 31.2 Å². The Morgan fingerprint density at radius 3 is 2.42 bits per heavy atom. The van der Waals surface area contributed by atoms with Gasteiger partial charge < -0.3 is 5.11 Å². The van der Waals surface area contributed by atoms with Crippen LogP contribution in [-0.2, 0) is 9.59 Å². The number of carbonyl (C=O) groups excluding carboxylic acids is 1. The fourth-order valence-electron chi connectivity index (χ4n) is 2.49. The lowest BCUT2D eigenvalue weighted by molar-refractivity contribution is -0.139. The van der Waals surface area contributed by atoms with E-state index in [-0.39, 0.29) is 21.0 Å². The lowest BCUT2D eigenvalue weighted by Crippen LogP contribution is -2.25. The summed E-state index contributed by atoms with van der Waals surface area (Å²) in [6.45, 7) is -0.904. The highest BCUT2D eigenvalue weighted by atomic mass is 35.5. The normalized spacial score (nSPS) is 12.4. The molecular formula is C15H13ClF3N3O4. The number of aromatic nitrogens is 3. The molecule has 2 rings (SSSR count). The number of aryl methyl sites for hydroxylation is 1. The zero-order chi connectivity index (χ0) is 19.8. The lowest BCUT2D eigenvalue weighted by Gasteiger charge is -2.15. The molecule has 0 saturated carbocycles. The molecule has 7 nitrogen and oxygen atoms in total. The van der Waals surface area contributed by atoms with Gasteiger partial charge in [-0.15, -0.1) is 5.10 Å². The Morgan fingerprint density at radius 1 is 1.35 bits per heavy atom. The number of hydrogen-bond donors (Lipinski definition) is 1. The molecule has 26 heavy (non-hydrogen) atoms. The maximum absolute atomic E-state index is 14.3. The summed E-state index contributed by atoms with van der Waals surface area (Å²) in [5, 5.41) is 12.3. The Kier molecular flexibility index (Phi) is 5.55. The Hall–Kier alpha value is -2.62. The topological polar surface area (TPSA) is 94.2 Å². The smallest absolute Gasteiger partial charge is 0.355 e. The summed E-state index contributed by atoms with van der Waals surface area (Å²) in [6.07, 6.45) is -0.612. The molecule has 0 spiro atoms. The lowest BCUT2D eigenvalue weighted by atomic mass is 9.91. The molecule has 0 amide bonds. The van der Waals surface area contributed by atoms with Crippen molar-refractivity contribution in [2.45, 2.75) is 32.7 Å². The van der Waals surface area contributed by atoms with Crippen LogP contribution in [0.4, 0.5) is 13.2 Å². The van der Waals surface area contributed by atoms with E-state index in [0.29, 0.717) is 4.68 Å². The highest BCUT2D eigenvalue weighted by Gasteiger charge is 2.26. The molecule has 2 aromatic rings. The van der Waals surface area contributed by atoms with Crippen molar-refractivity contribution in [3.63, 3.8) is 0 Å². The highest BCUT2D eigenvalue weighted by Crippen LogP contribution is 2.31. The van der Waals surface area contributed by atoms with Crippen molar-refractivity contribution in [1.29, 1.82) is 0 Å². The first-order valence-corrected chi connectivity index (χ1v) is 7.60. The number of ketones is 1. The molecule has 0 aliphatic heterocycles. The minimum absolute atomic E-state index is 0.0471. The van der Waals surface area contributed by atoms with Crippen molar-refractivity contribution in [2.75, 3.05) is 0 Å². The zero-order valence-corrected chi connectivity index (χ0v) is 14.3. The third kappa shape index (κ3) is 3.64. The van der Waals surface area contributed by atoms with Gasteiger partial charge in [0.25, 0.3) is 0 Å². The predicted molar refractivity (Wildman–Crippen MR) is 84.5 cm³/mol. The molecule has 0 radical (unpaired) electrons. The van der Waals surface area contributed by atoms with Gasteiger partial charge in [-0.3, -0.25) is 9.59 Å². The molecule has 1 heterocycles. The number of nitrogens with zero attached hydrogens (tertiary/aromatic N) is 3. The van der Waals surface area contributed by atoms with E-state index >= 15 is 0 Å². The van der Waals surface area contributed by atoms with Gasteiger partial charge in [0.2, 0.25) is 0 Å². The number of alkyl halides is 2. The van der Waals surface area contributed by atoms with Gasteiger partial charge in [0.1, 0.15) is 17.3 Å². The fraction of sp³-hybridized carbons (Fsp3) is 0.333. The van der Waals surface area contributed by atoms with Crippen LogP contribution in [0.1, 0.15) is 37.2 Å². The second-order valence-electron chi connectivity index (χ2n) is 5.48. The minimum atomic E-state index is -3.18. The predicted octanol–water partition coefficient (Wildman–Crippen LogP) is 2.68. The fourth-order valence-corrected chi connectivity index (χ4v) is 2.77. The third-order valence-electron chi connectivity index (χ3n) is 3.72. The highest BCUT2D eigenvalue weighted by molar-refractivity contribution is 6.31. The summed E-state index contributed by atoms with van der Waals surface area (Å²) in [7, 11) is 0. The average Bonchev–Trinajstić information content (AvgIpc) is 2.79. The molecule has 0 saturated heterocycles. The van der Waals surface area contributed by atoms with Crippen LogP contribution in [0.3, 0.4) is 0 Å². The number of carboxylic acids is 1.